The fraction of sp³-hybridized carbons (Fsp3) is 0.500. The number of nitrogens with two attached hydrogens (primary N) is 1. The van der Waals surface area contributed by atoms with Crippen molar-refractivity contribution in [2.45, 2.75) is 0 Å². The topological polar surface area (TPSA) is 77.7 Å². The summed E-state index contributed by atoms with van der Waals surface area (Å²) in [6, 6.07) is 3.27. The average molecular weight is 253 g/mol. The summed E-state index contributed by atoms with van der Waals surface area (Å²) >= 11 is 0. The van der Waals surface area contributed by atoms with Crippen LogP contribution in [-0.2, 0) is 9.47 Å². The lowest BCUT2D eigenvalue weighted by atomic mass is 10.2. The van der Waals surface area contributed by atoms with E-state index in [1.54, 1.807) is 31.3 Å². The van der Waals surface area contributed by atoms with Crippen molar-refractivity contribution in [1.82, 2.24) is 9.88 Å². The minimum atomic E-state index is -0.100. The predicted octanol–water partition coefficient (Wildman–Crippen LogP) is 0.399. The highest BCUT2D eigenvalue weighted by Crippen LogP contribution is 2.06. The molecule has 0 saturated carbocycles. The molecule has 2 N–H and O–H groups in total. The average Bonchev–Trinajstić information content (AvgIpc) is 2.39. The molecule has 1 aromatic heterocycles. The summed E-state index contributed by atoms with van der Waals surface area (Å²) in [6.45, 7) is 2.00. The zero-order valence-electron chi connectivity index (χ0n) is 10.8. The summed E-state index contributed by atoms with van der Waals surface area (Å²) in [5, 5.41) is 0. The Morgan fingerprint density at radius 2 is 1.89 bits per heavy atom. The SMILES string of the molecule is COCCN(CCOC)C(=O)c1ccc(N)nc1. The smallest absolute Gasteiger partial charge is 0.255 e. The monoisotopic (exact) mass is 253 g/mol. The largest absolute Gasteiger partial charge is 0.384 e. The van der Waals surface area contributed by atoms with Crippen LogP contribution < -0.4 is 5.73 Å². The maximum atomic E-state index is 12.2. The normalized spacial score (nSPS) is 10.3. The van der Waals surface area contributed by atoms with Crippen LogP contribution in [-0.4, -0.2) is 56.3 Å². The van der Waals surface area contributed by atoms with Crippen molar-refractivity contribution >= 4 is 11.7 Å². The first-order valence-corrected chi connectivity index (χ1v) is 5.67. The van der Waals surface area contributed by atoms with Crippen molar-refractivity contribution in [2.24, 2.45) is 0 Å². The fourth-order valence-electron chi connectivity index (χ4n) is 1.43. The van der Waals surface area contributed by atoms with E-state index in [-0.39, 0.29) is 5.91 Å². The van der Waals surface area contributed by atoms with Gasteiger partial charge in [0.1, 0.15) is 5.82 Å². The Morgan fingerprint density at radius 3 is 2.33 bits per heavy atom. The Labute approximate surface area is 107 Å². The molecule has 0 atom stereocenters. The highest BCUT2D eigenvalue weighted by Gasteiger charge is 2.15. The standard InChI is InChI=1S/C12H19N3O3/c1-17-7-5-15(6-8-18-2)12(16)10-3-4-11(13)14-9-10/h3-4,9H,5-8H2,1-2H3,(H2,13,14). The Kier molecular flexibility index (Phi) is 6.10. The van der Waals surface area contributed by atoms with Crippen LogP contribution in [0, 0.1) is 0 Å². The van der Waals surface area contributed by atoms with E-state index in [4.69, 9.17) is 15.2 Å². The molecule has 18 heavy (non-hydrogen) atoms. The second kappa shape index (κ2) is 7.62. The molecule has 6 nitrogen and oxygen atoms in total. The summed E-state index contributed by atoms with van der Waals surface area (Å²) in [7, 11) is 3.20. The number of anilines is 1. The molecule has 1 amide bonds. The molecule has 1 heterocycles. The van der Waals surface area contributed by atoms with Crippen LogP contribution in [0.3, 0.4) is 0 Å². The van der Waals surface area contributed by atoms with Crippen molar-refractivity contribution in [3.05, 3.63) is 23.9 Å². The molecule has 0 saturated heterocycles. The molecule has 0 aliphatic heterocycles. The number of carbonyl (C=O) groups is 1. The molecule has 6 heteroatoms. The third kappa shape index (κ3) is 4.31. The third-order valence-electron chi connectivity index (χ3n) is 2.45. The van der Waals surface area contributed by atoms with Crippen molar-refractivity contribution in [3.63, 3.8) is 0 Å². The molecule has 0 aliphatic rings. The van der Waals surface area contributed by atoms with Crippen molar-refractivity contribution in [3.8, 4) is 0 Å². The molecule has 1 aromatic rings. The molecule has 0 unspecified atom stereocenters. The van der Waals surface area contributed by atoms with E-state index in [9.17, 15) is 4.79 Å². The van der Waals surface area contributed by atoms with E-state index < -0.39 is 0 Å². The number of rotatable bonds is 7. The second-order valence-corrected chi connectivity index (χ2v) is 3.75. The zero-order valence-corrected chi connectivity index (χ0v) is 10.8. The van der Waals surface area contributed by atoms with Gasteiger partial charge < -0.3 is 20.1 Å². The van der Waals surface area contributed by atoms with Gasteiger partial charge in [0.05, 0.1) is 18.8 Å². The van der Waals surface area contributed by atoms with E-state index in [1.165, 1.54) is 6.20 Å². The van der Waals surface area contributed by atoms with E-state index in [0.717, 1.165) is 0 Å². The van der Waals surface area contributed by atoms with Crippen LogP contribution >= 0.6 is 0 Å². The number of pyridine rings is 1. The van der Waals surface area contributed by atoms with Gasteiger partial charge in [-0.2, -0.15) is 0 Å². The predicted molar refractivity (Wildman–Crippen MR) is 68.3 cm³/mol. The summed E-state index contributed by atoms with van der Waals surface area (Å²) in [5.41, 5.74) is 6.00. The number of amides is 1. The molecular weight excluding hydrogens is 234 g/mol. The third-order valence-corrected chi connectivity index (χ3v) is 2.45. The molecule has 0 fully saturated rings. The number of methoxy groups -OCH3 is 2. The minimum Gasteiger partial charge on any atom is -0.384 e. The van der Waals surface area contributed by atoms with E-state index in [1.807, 2.05) is 0 Å². The van der Waals surface area contributed by atoms with Crippen molar-refractivity contribution in [2.75, 3.05) is 46.3 Å². The van der Waals surface area contributed by atoms with Crippen LogP contribution in [0.2, 0.25) is 0 Å². The van der Waals surface area contributed by atoms with Gasteiger partial charge in [-0.25, -0.2) is 4.98 Å². The second-order valence-electron chi connectivity index (χ2n) is 3.75. The van der Waals surface area contributed by atoms with Gasteiger partial charge in [-0.05, 0) is 12.1 Å². The Bertz CT molecular complexity index is 359. The van der Waals surface area contributed by atoms with Crippen LogP contribution in [0.5, 0.6) is 0 Å². The molecule has 0 aliphatic carbocycles. The summed E-state index contributed by atoms with van der Waals surface area (Å²) in [5.74, 6) is 0.295. The van der Waals surface area contributed by atoms with Crippen molar-refractivity contribution < 1.29 is 14.3 Å². The minimum absolute atomic E-state index is 0.100. The van der Waals surface area contributed by atoms with Gasteiger partial charge in [0.2, 0.25) is 0 Å². The van der Waals surface area contributed by atoms with Gasteiger partial charge in [-0.1, -0.05) is 0 Å². The van der Waals surface area contributed by atoms with Crippen LogP contribution in [0.1, 0.15) is 10.4 Å². The van der Waals surface area contributed by atoms with Gasteiger partial charge in [0.25, 0.3) is 5.91 Å². The highest BCUT2D eigenvalue weighted by molar-refractivity contribution is 5.94. The lowest BCUT2D eigenvalue weighted by Crippen LogP contribution is -2.36. The summed E-state index contributed by atoms with van der Waals surface area (Å²) in [6.07, 6.45) is 1.48. The first kappa shape index (κ1) is 14.4. The van der Waals surface area contributed by atoms with Gasteiger partial charge in [0, 0.05) is 33.5 Å². The number of nitrogens with zero attached hydrogens (tertiary/aromatic N) is 2. The molecule has 0 aromatic carbocycles. The molecule has 100 valence electrons. The molecule has 0 spiro atoms. The lowest BCUT2D eigenvalue weighted by Gasteiger charge is -2.21. The maximum Gasteiger partial charge on any atom is 0.255 e. The van der Waals surface area contributed by atoms with Gasteiger partial charge in [-0.3, -0.25) is 4.79 Å². The highest BCUT2D eigenvalue weighted by atomic mass is 16.5. The quantitative estimate of drug-likeness (QED) is 0.761. The van der Waals surface area contributed by atoms with Crippen LogP contribution in [0.25, 0.3) is 0 Å². The van der Waals surface area contributed by atoms with Crippen LogP contribution in [0.15, 0.2) is 18.3 Å². The van der Waals surface area contributed by atoms with Gasteiger partial charge in [0.15, 0.2) is 0 Å². The Morgan fingerprint density at radius 1 is 1.28 bits per heavy atom. The number of nitrogen functional groups attached to an aromatic ring is 1. The van der Waals surface area contributed by atoms with E-state index in [0.29, 0.717) is 37.7 Å². The Balaban J connectivity index is 2.70. The lowest BCUT2D eigenvalue weighted by molar-refractivity contribution is 0.0627. The Hall–Kier alpha value is -1.66. The molecule has 0 bridgehead atoms. The number of hydrogen-bond donors (Lipinski definition) is 1. The molecular formula is C12H19N3O3. The van der Waals surface area contributed by atoms with Gasteiger partial charge in [-0.15, -0.1) is 0 Å². The number of carbonyl (C=O) groups excluding carboxylic acids is 1. The number of ether oxygens (including phenoxy) is 2. The van der Waals surface area contributed by atoms with Crippen molar-refractivity contribution in [1.29, 1.82) is 0 Å². The number of hydrogen-bond acceptors (Lipinski definition) is 5. The molecule has 1 rings (SSSR count). The summed E-state index contributed by atoms with van der Waals surface area (Å²) in [4.78, 5) is 17.8. The zero-order chi connectivity index (χ0) is 13.4. The van der Waals surface area contributed by atoms with Crippen LogP contribution in [0.4, 0.5) is 5.82 Å². The first-order chi connectivity index (χ1) is 8.69. The first-order valence-electron chi connectivity index (χ1n) is 5.67. The van der Waals surface area contributed by atoms with Gasteiger partial charge >= 0.3 is 0 Å². The van der Waals surface area contributed by atoms with E-state index >= 15 is 0 Å². The maximum absolute atomic E-state index is 12.2. The molecule has 0 radical (unpaired) electrons. The fourth-order valence-corrected chi connectivity index (χ4v) is 1.43. The number of aromatic nitrogens is 1. The summed E-state index contributed by atoms with van der Waals surface area (Å²) < 4.78 is 9.97. The van der Waals surface area contributed by atoms with E-state index in [2.05, 4.69) is 4.98 Å².